The van der Waals surface area contributed by atoms with Crippen LogP contribution < -0.4 is 0 Å². The van der Waals surface area contributed by atoms with E-state index >= 15 is 0 Å². The van der Waals surface area contributed by atoms with Gasteiger partial charge in [-0.1, -0.05) is 17.7 Å². The Balaban J connectivity index is 2.36. The lowest BCUT2D eigenvalue weighted by molar-refractivity contribution is -0.0952. The van der Waals surface area contributed by atoms with E-state index < -0.39 is 17.7 Å². The number of aromatic hydroxyl groups is 1. The van der Waals surface area contributed by atoms with Gasteiger partial charge in [0.15, 0.2) is 0 Å². The van der Waals surface area contributed by atoms with Crippen molar-refractivity contribution < 1.29 is 18.3 Å². The fraction of sp³-hybridized carbons (Fsp3) is 0.385. The van der Waals surface area contributed by atoms with Gasteiger partial charge in [0.2, 0.25) is 0 Å². The average Bonchev–Trinajstić information content (AvgIpc) is 2.31. The Bertz CT molecular complexity index is 480. The van der Waals surface area contributed by atoms with Gasteiger partial charge in [0.25, 0.3) is 0 Å². The molecule has 2 rings (SSSR count). The quantitative estimate of drug-likeness (QED) is 0.730. The fourth-order valence-corrected chi connectivity index (χ4v) is 2.41. The minimum Gasteiger partial charge on any atom is -0.508 e. The second-order valence-electron chi connectivity index (χ2n) is 4.39. The number of hydrogen-bond acceptors (Lipinski definition) is 1. The molecule has 0 bridgehead atoms. The average molecular weight is 277 g/mol. The zero-order chi connectivity index (χ0) is 13.3. The molecule has 1 N–H and O–H groups in total. The predicted molar refractivity (Wildman–Crippen MR) is 63.8 cm³/mol. The Morgan fingerprint density at radius 1 is 1.28 bits per heavy atom. The van der Waals surface area contributed by atoms with Crippen molar-refractivity contribution in [3.63, 3.8) is 0 Å². The van der Waals surface area contributed by atoms with Crippen LogP contribution in [0, 0.1) is 0 Å². The van der Waals surface area contributed by atoms with Crippen molar-refractivity contribution in [1.29, 1.82) is 0 Å². The molecule has 1 aliphatic rings. The van der Waals surface area contributed by atoms with Crippen molar-refractivity contribution in [3.8, 4) is 5.75 Å². The summed E-state index contributed by atoms with van der Waals surface area (Å²) >= 11 is 5.81. The Kier molecular flexibility index (Phi) is 3.57. The summed E-state index contributed by atoms with van der Waals surface area (Å²) in [6.45, 7) is 0. The molecule has 0 aromatic heterocycles. The second-order valence-corrected chi connectivity index (χ2v) is 4.83. The van der Waals surface area contributed by atoms with E-state index in [4.69, 9.17) is 11.6 Å². The number of benzene rings is 1. The van der Waals surface area contributed by atoms with E-state index in [0.717, 1.165) is 0 Å². The lowest BCUT2D eigenvalue weighted by atomic mass is 9.85. The lowest BCUT2D eigenvalue weighted by Crippen LogP contribution is -2.16. The van der Waals surface area contributed by atoms with E-state index in [1.165, 1.54) is 24.3 Å². The normalized spacial score (nSPS) is 20.7. The van der Waals surface area contributed by atoms with E-state index in [2.05, 4.69) is 0 Å². The standard InChI is InChI=1S/C13H12ClF3O/c14-10-4-5-12(18)11(7-10)8-2-1-3-9(6-8)13(15,16)17/h4-8,18H,1-3H2. The Labute approximate surface area is 108 Å². The number of phenolic OH excluding ortho intramolecular Hbond substituents is 1. The summed E-state index contributed by atoms with van der Waals surface area (Å²) in [7, 11) is 0. The molecule has 1 aromatic rings. The van der Waals surface area contributed by atoms with Crippen LogP contribution in [0.5, 0.6) is 5.75 Å². The molecular formula is C13H12ClF3O. The predicted octanol–water partition coefficient (Wildman–Crippen LogP) is 4.80. The third-order valence-corrected chi connectivity index (χ3v) is 3.35. The first kappa shape index (κ1) is 13.3. The molecule has 1 unspecified atom stereocenters. The minimum absolute atomic E-state index is 0.0101. The van der Waals surface area contributed by atoms with Gasteiger partial charge in [0.05, 0.1) is 0 Å². The van der Waals surface area contributed by atoms with Crippen LogP contribution in [0.2, 0.25) is 5.02 Å². The molecule has 0 aliphatic heterocycles. The highest BCUT2D eigenvalue weighted by atomic mass is 35.5. The van der Waals surface area contributed by atoms with Crippen LogP contribution >= 0.6 is 11.6 Å². The summed E-state index contributed by atoms with van der Waals surface area (Å²) in [5, 5.41) is 10.1. The van der Waals surface area contributed by atoms with Crippen molar-refractivity contribution in [2.75, 3.05) is 0 Å². The zero-order valence-corrected chi connectivity index (χ0v) is 10.2. The van der Waals surface area contributed by atoms with Gasteiger partial charge in [-0.05, 0) is 37.5 Å². The van der Waals surface area contributed by atoms with Crippen molar-refractivity contribution in [3.05, 3.63) is 40.4 Å². The molecule has 1 aromatic carbocycles. The zero-order valence-electron chi connectivity index (χ0n) is 9.47. The maximum atomic E-state index is 12.7. The Hall–Kier alpha value is -1.16. The molecule has 0 heterocycles. The Morgan fingerprint density at radius 3 is 2.67 bits per heavy atom. The van der Waals surface area contributed by atoms with Gasteiger partial charge in [0.1, 0.15) is 5.75 Å². The maximum absolute atomic E-state index is 12.7. The van der Waals surface area contributed by atoms with Crippen LogP contribution in [0.1, 0.15) is 30.7 Å². The van der Waals surface area contributed by atoms with Gasteiger partial charge >= 0.3 is 6.18 Å². The van der Waals surface area contributed by atoms with E-state index in [0.29, 0.717) is 23.4 Å². The number of rotatable bonds is 1. The minimum atomic E-state index is -4.28. The first-order valence-electron chi connectivity index (χ1n) is 5.64. The third-order valence-electron chi connectivity index (χ3n) is 3.12. The largest absolute Gasteiger partial charge is 0.508 e. The number of phenols is 1. The van der Waals surface area contributed by atoms with E-state index in [-0.39, 0.29) is 12.2 Å². The summed E-state index contributed by atoms with van der Waals surface area (Å²) in [6, 6.07) is 4.45. The molecule has 18 heavy (non-hydrogen) atoms. The number of halogens is 4. The van der Waals surface area contributed by atoms with Gasteiger partial charge in [-0.25, -0.2) is 0 Å². The summed E-state index contributed by atoms with van der Waals surface area (Å²) in [6.07, 6.45) is -1.99. The SMILES string of the molecule is Oc1ccc(Cl)cc1C1C=C(C(F)(F)F)CCC1. The van der Waals surface area contributed by atoms with Crippen molar-refractivity contribution in [2.24, 2.45) is 0 Å². The summed E-state index contributed by atoms with van der Waals surface area (Å²) in [4.78, 5) is 0. The Morgan fingerprint density at radius 2 is 2.00 bits per heavy atom. The molecule has 0 amide bonds. The van der Waals surface area contributed by atoms with Crippen LogP contribution in [0.15, 0.2) is 29.8 Å². The number of alkyl halides is 3. The second kappa shape index (κ2) is 4.84. The highest BCUT2D eigenvalue weighted by Gasteiger charge is 2.35. The molecule has 5 heteroatoms. The van der Waals surface area contributed by atoms with E-state index in [1.54, 1.807) is 0 Å². The molecular weight excluding hydrogens is 265 g/mol. The lowest BCUT2D eigenvalue weighted by Gasteiger charge is -2.23. The van der Waals surface area contributed by atoms with Crippen molar-refractivity contribution in [2.45, 2.75) is 31.4 Å². The molecule has 0 spiro atoms. The topological polar surface area (TPSA) is 20.2 Å². The third kappa shape index (κ3) is 2.80. The van der Waals surface area contributed by atoms with E-state index in [9.17, 15) is 18.3 Å². The van der Waals surface area contributed by atoms with Crippen LogP contribution in [-0.4, -0.2) is 11.3 Å². The first-order valence-corrected chi connectivity index (χ1v) is 6.02. The highest BCUT2D eigenvalue weighted by molar-refractivity contribution is 6.30. The van der Waals surface area contributed by atoms with Gasteiger partial charge in [0, 0.05) is 22.1 Å². The van der Waals surface area contributed by atoms with E-state index in [1.807, 2.05) is 0 Å². The molecule has 1 nitrogen and oxygen atoms in total. The summed E-state index contributed by atoms with van der Waals surface area (Å²) in [5.74, 6) is -0.432. The molecule has 98 valence electrons. The smallest absolute Gasteiger partial charge is 0.412 e. The number of allylic oxidation sites excluding steroid dienone is 2. The molecule has 1 aliphatic carbocycles. The van der Waals surface area contributed by atoms with Gasteiger partial charge in [-0.3, -0.25) is 0 Å². The summed E-state index contributed by atoms with van der Waals surface area (Å²) in [5.41, 5.74) is -0.0536. The highest BCUT2D eigenvalue weighted by Crippen LogP contribution is 2.41. The molecule has 0 saturated heterocycles. The van der Waals surface area contributed by atoms with Gasteiger partial charge in [-0.2, -0.15) is 13.2 Å². The fourth-order valence-electron chi connectivity index (χ4n) is 2.23. The van der Waals surface area contributed by atoms with Gasteiger partial charge < -0.3 is 5.11 Å². The monoisotopic (exact) mass is 276 g/mol. The van der Waals surface area contributed by atoms with Crippen LogP contribution in [-0.2, 0) is 0 Å². The molecule has 0 saturated carbocycles. The van der Waals surface area contributed by atoms with Crippen molar-refractivity contribution >= 4 is 11.6 Å². The summed E-state index contributed by atoms with van der Waals surface area (Å²) < 4.78 is 38.0. The van der Waals surface area contributed by atoms with Gasteiger partial charge in [-0.15, -0.1) is 0 Å². The van der Waals surface area contributed by atoms with Crippen LogP contribution in [0.4, 0.5) is 13.2 Å². The van der Waals surface area contributed by atoms with Crippen LogP contribution in [0.25, 0.3) is 0 Å². The molecule has 0 fully saturated rings. The first-order chi connectivity index (χ1) is 8.38. The van der Waals surface area contributed by atoms with Crippen LogP contribution in [0.3, 0.4) is 0 Å². The van der Waals surface area contributed by atoms with Crippen molar-refractivity contribution in [1.82, 2.24) is 0 Å². The molecule has 1 atom stereocenters. The number of hydrogen-bond donors (Lipinski definition) is 1. The molecule has 0 radical (unpaired) electrons. The maximum Gasteiger partial charge on any atom is 0.412 e.